The van der Waals surface area contributed by atoms with Gasteiger partial charge < -0.3 is 40.7 Å². The van der Waals surface area contributed by atoms with E-state index in [2.05, 4.69) is 28.3 Å². The Hall–Kier alpha value is -2.08. The number of phosphoric acid groups is 2. The average molecular weight is 515 g/mol. The van der Waals surface area contributed by atoms with Crippen LogP contribution in [0.25, 0.3) is 11.2 Å². The van der Waals surface area contributed by atoms with Gasteiger partial charge in [0.2, 0.25) is 0 Å². The standard InChI is InChI=1S/C13H19N5O13P2/c14-10-7-11(16-3-15-10)18(4-17-7)12-9(21)8(20)6(30-12)2-29-33(26,27)31-32(24,25)28-1-5(19)13(22)23/h3-6,8-9,12,19-21H,1-2H2,(H,22,23)(H,24,25)(H,26,27)(H2,14,15,16). The maximum atomic E-state index is 11.9. The number of nitrogens with two attached hydrogens (primary N) is 1. The zero-order valence-electron chi connectivity index (χ0n) is 16.3. The molecular weight excluding hydrogens is 496 g/mol. The molecule has 1 saturated heterocycles. The predicted octanol–water partition coefficient (Wildman–Crippen LogP) is -2.28. The third-order valence-corrected chi connectivity index (χ3v) is 6.89. The van der Waals surface area contributed by atoms with E-state index in [1.165, 1.54) is 10.9 Å². The van der Waals surface area contributed by atoms with E-state index in [0.717, 1.165) is 6.33 Å². The van der Waals surface area contributed by atoms with Gasteiger partial charge in [-0.2, -0.15) is 4.31 Å². The number of hydrogen-bond donors (Lipinski definition) is 7. The molecule has 0 radical (unpaired) electrons. The number of nitrogen functional groups attached to an aromatic ring is 1. The van der Waals surface area contributed by atoms with Gasteiger partial charge in [0.1, 0.15) is 30.2 Å². The van der Waals surface area contributed by atoms with Crippen LogP contribution in [0.2, 0.25) is 0 Å². The SMILES string of the molecule is Nc1ncnc2c1ncn2C1OC(COP(=O)(O)OP(=O)(O)OCC(O)C(=O)O)C(O)C1O. The number of aliphatic hydroxyl groups excluding tert-OH is 3. The Labute approximate surface area is 183 Å². The smallest absolute Gasteiger partial charge is 0.479 e. The summed E-state index contributed by atoms with van der Waals surface area (Å²) in [4.78, 5) is 41.2. The molecule has 1 aliphatic heterocycles. The third-order valence-electron chi connectivity index (χ3n) is 4.29. The Balaban J connectivity index is 1.62. The highest BCUT2D eigenvalue weighted by atomic mass is 31.3. The van der Waals surface area contributed by atoms with Crippen LogP contribution in [0.4, 0.5) is 5.82 Å². The minimum atomic E-state index is -5.33. The van der Waals surface area contributed by atoms with Crippen molar-refractivity contribution in [3.05, 3.63) is 12.7 Å². The third kappa shape index (κ3) is 5.89. The molecule has 33 heavy (non-hydrogen) atoms. The summed E-state index contributed by atoms with van der Waals surface area (Å²) in [6, 6.07) is 0. The zero-order chi connectivity index (χ0) is 24.6. The molecule has 0 saturated carbocycles. The van der Waals surface area contributed by atoms with Gasteiger partial charge in [-0.15, -0.1) is 0 Å². The number of carboxylic acids is 1. The lowest BCUT2D eigenvalue weighted by Gasteiger charge is -2.19. The molecule has 1 aliphatic rings. The Bertz CT molecular complexity index is 1110. The first-order valence-electron chi connectivity index (χ1n) is 8.83. The molecule has 0 bridgehead atoms. The Morgan fingerprint density at radius 3 is 2.52 bits per heavy atom. The Morgan fingerprint density at radius 2 is 1.85 bits per heavy atom. The first kappa shape index (κ1) is 25.5. The van der Waals surface area contributed by atoms with Crippen molar-refractivity contribution in [3.8, 4) is 0 Å². The van der Waals surface area contributed by atoms with Crippen molar-refractivity contribution < 1.29 is 62.2 Å². The van der Waals surface area contributed by atoms with E-state index in [4.69, 9.17) is 20.7 Å². The molecule has 8 N–H and O–H groups in total. The molecule has 1 fully saturated rings. The Kier molecular flexibility index (Phi) is 7.47. The second-order valence-electron chi connectivity index (χ2n) is 6.59. The van der Waals surface area contributed by atoms with E-state index in [0.29, 0.717) is 0 Å². The summed E-state index contributed by atoms with van der Waals surface area (Å²) in [6.07, 6.45) is -5.75. The first-order chi connectivity index (χ1) is 15.3. The van der Waals surface area contributed by atoms with Crippen molar-refractivity contribution in [1.29, 1.82) is 0 Å². The molecular formula is C13H19N5O13P2. The van der Waals surface area contributed by atoms with Crippen molar-refractivity contribution in [1.82, 2.24) is 19.5 Å². The van der Waals surface area contributed by atoms with E-state index in [-0.39, 0.29) is 17.0 Å². The molecule has 7 unspecified atom stereocenters. The van der Waals surface area contributed by atoms with Crippen LogP contribution in [0.15, 0.2) is 12.7 Å². The van der Waals surface area contributed by atoms with Crippen LogP contribution < -0.4 is 5.73 Å². The van der Waals surface area contributed by atoms with Crippen LogP contribution >= 0.6 is 15.6 Å². The molecule has 3 rings (SSSR count). The van der Waals surface area contributed by atoms with E-state index in [9.17, 15) is 33.9 Å². The first-order valence-corrected chi connectivity index (χ1v) is 11.8. The molecule has 0 amide bonds. The monoisotopic (exact) mass is 515 g/mol. The van der Waals surface area contributed by atoms with Crippen LogP contribution in [0, 0.1) is 0 Å². The number of rotatable bonds is 10. The Morgan fingerprint density at radius 1 is 1.18 bits per heavy atom. The zero-order valence-corrected chi connectivity index (χ0v) is 18.0. The summed E-state index contributed by atoms with van der Waals surface area (Å²) in [5, 5.41) is 38.0. The van der Waals surface area contributed by atoms with E-state index >= 15 is 0 Å². The summed E-state index contributed by atoms with van der Waals surface area (Å²) in [6.45, 7) is -2.13. The molecule has 2 aromatic rings. The fraction of sp³-hybridized carbons (Fsp3) is 0.538. The molecule has 7 atom stereocenters. The van der Waals surface area contributed by atoms with Gasteiger partial charge in [-0.05, 0) is 0 Å². The molecule has 0 aliphatic carbocycles. The summed E-state index contributed by atoms with van der Waals surface area (Å²) in [5.74, 6) is -1.73. The van der Waals surface area contributed by atoms with Gasteiger partial charge in [0.05, 0.1) is 19.5 Å². The summed E-state index contributed by atoms with van der Waals surface area (Å²) >= 11 is 0. The topological polar surface area (TPSA) is 279 Å². The van der Waals surface area contributed by atoms with Crippen LogP contribution in [-0.2, 0) is 32.0 Å². The fourth-order valence-corrected chi connectivity index (χ4v) is 4.82. The lowest BCUT2D eigenvalue weighted by atomic mass is 10.1. The van der Waals surface area contributed by atoms with Crippen molar-refractivity contribution >= 4 is 38.6 Å². The van der Waals surface area contributed by atoms with Gasteiger partial charge in [0.25, 0.3) is 0 Å². The number of hydrogen-bond acceptors (Lipinski definition) is 14. The number of carboxylic acid groups (broad SMARTS) is 1. The van der Waals surface area contributed by atoms with Gasteiger partial charge in [-0.25, -0.2) is 28.9 Å². The van der Waals surface area contributed by atoms with Crippen LogP contribution in [0.1, 0.15) is 6.23 Å². The summed E-state index contributed by atoms with van der Waals surface area (Å²) in [7, 11) is -10.7. The van der Waals surface area contributed by atoms with Crippen LogP contribution in [0.5, 0.6) is 0 Å². The number of anilines is 1. The van der Waals surface area contributed by atoms with Crippen LogP contribution in [-0.4, -0.2) is 93.3 Å². The quantitative estimate of drug-likeness (QED) is 0.164. The second kappa shape index (κ2) is 9.65. The largest absolute Gasteiger partial charge is 0.481 e. The van der Waals surface area contributed by atoms with Crippen molar-refractivity contribution in [2.45, 2.75) is 30.6 Å². The number of ether oxygens (including phenoxy) is 1. The second-order valence-corrected chi connectivity index (χ2v) is 9.64. The molecule has 184 valence electrons. The van der Waals surface area contributed by atoms with Gasteiger partial charge >= 0.3 is 21.6 Å². The van der Waals surface area contributed by atoms with Gasteiger partial charge in [-0.3, -0.25) is 13.6 Å². The fourth-order valence-electron chi connectivity index (χ4n) is 2.73. The molecule has 0 spiro atoms. The number of fused-ring (bicyclic) bond motifs is 1. The van der Waals surface area contributed by atoms with Crippen LogP contribution in [0.3, 0.4) is 0 Å². The number of aliphatic carboxylic acids is 1. The lowest BCUT2D eigenvalue weighted by molar-refractivity contribution is -0.148. The maximum Gasteiger partial charge on any atom is 0.481 e. The highest BCUT2D eigenvalue weighted by Crippen LogP contribution is 2.60. The van der Waals surface area contributed by atoms with Crippen molar-refractivity contribution in [3.63, 3.8) is 0 Å². The number of aliphatic hydroxyl groups is 3. The maximum absolute atomic E-state index is 11.9. The number of carbonyl (C=O) groups is 1. The van der Waals surface area contributed by atoms with Crippen molar-refractivity contribution in [2.75, 3.05) is 18.9 Å². The minimum Gasteiger partial charge on any atom is -0.479 e. The lowest BCUT2D eigenvalue weighted by Crippen LogP contribution is -2.33. The number of nitrogens with zero attached hydrogens (tertiary/aromatic N) is 4. The number of phosphoric ester groups is 2. The average Bonchev–Trinajstić information content (AvgIpc) is 3.26. The molecule has 0 aromatic carbocycles. The minimum absolute atomic E-state index is 0.0524. The predicted molar refractivity (Wildman–Crippen MR) is 102 cm³/mol. The van der Waals surface area contributed by atoms with Crippen molar-refractivity contribution in [2.24, 2.45) is 0 Å². The number of aromatic nitrogens is 4. The van der Waals surface area contributed by atoms with E-state index in [1.807, 2.05) is 0 Å². The normalized spacial score (nSPS) is 27.8. The van der Waals surface area contributed by atoms with E-state index < -0.39 is 65.5 Å². The van der Waals surface area contributed by atoms with Gasteiger partial charge in [0, 0.05) is 0 Å². The molecule has 20 heteroatoms. The molecule has 2 aromatic heterocycles. The highest BCUT2D eigenvalue weighted by molar-refractivity contribution is 7.61. The van der Waals surface area contributed by atoms with Gasteiger partial charge in [-0.1, -0.05) is 0 Å². The van der Waals surface area contributed by atoms with E-state index in [1.54, 1.807) is 0 Å². The summed E-state index contributed by atoms with van der Waals surface area (Å²) < 4.78 is 42.9. The summed E-state index contributed by atoms with van der Waals surface area (Å²) in [5.41, 5.74) is 6.05. The molecule has 3 heterocycles. The molecule has 18 nitrogen and oxygen atoms in total. The highest BCUT2D eigenvalue weighted by Gasteiger charge is 2.46. The number of imidazole rings is 1. The van der Waals surface area contributed by atoms with Gasteiger partial charge in [0.15, 0.2) is 23.8 Å².